The fourth-order valence-electron chi connectivity index (χ4n) is 5.47. The van der Waals surface area contributed by atoms with E-state index < -0.39 is 5.60 Å². The topological polar surface area (TPSA) is 20.2 Å². The molecule has 21 heavy (non-hydrogen) atoms. The van der Waals surface area contributed by atoms with E-state index in [4.69, 9.17) is 0 Å². The van der Waals surface area contributed by atoms with Gasteiger partial charge in [-0.25, -0.2) is 0 Å². The van der Waals surface area contributed by atoms with E-state index in [9.17, 15) is 5.11 Å². The Morgan fingerprint density at radius 2 is 1.71 bits per heavy atom. The number of benzene rings is 2. The Morgan fingerprint density at radius 1 is 1.00 bits per heavy atom. The Morgan fingerprint density at radius 3 is 2.43 bits per heavy atom. The molecule has 0 radical (unpaired) electrons. The quantitative estimate of drug-likeness (QED) is 0.790. The molecule has 3 atom stereocenters. The van der Waals surface area contributed by atoms with E-state index in [-0.39, 0.29) is 10.8 Å². The molecule has 0 aliphatic heterocycles. The Balaban J connectivity index is 2.03. The maximum absolute atomic E-state index is 11.9. The van der Waals surface area contributed by atoms with Crippen LogP contribution in [0.4, 0.5) is 0 Å². The SMILES string of the molecule is CC12CCC(C1)C(C)(C)C2(O)c1cccc2ccccc12. The zero-order valence-electron chi connectivity index (χ0n) is 13.2. The summed E-state index contributed by atoms with van der Waals surface area (Å²) in [6.45, 7) is 6.83. The van der Waals surface area contributed by atoms with Crippen LogP contribution < -0.4 is 0 Å². The molecule has 2 aliphatic carbocycles. The second kappa shape index (κ2) is 3.89. The minimum atomic E-state index is -0.732. The van der Waals surface area contributed by atoms with Crippen molar-refractivity contribution in [3.8, 4) is 0 Å². The van der Waals surface area contributed by atoms with Crippen LogP contribution in [0.3, 0.4) is 0 Å². The van der Waals surface area contributed by atoms with Crippen LogP contribution in [0.5, 0.6) is 0 Å². The highest BCUT2D eigenvalue weighted by Gasteiger charge is 2.69. The number of hydrogen-bond acceptors (Lipinski definition) is 1. The molecular formula is C20H24O. The predicted octanol–water partition coefficient (Wildman–Crippen LogP) is 4.87. The van der Waals surface area contributed by atoms with Crippen LogP contribution in [0, 0.1) is 16.7 Å². The first-order valence-electron chi connectivity index (χ1n) is 8.11. The molecule has 2 bridgehead atoms. The lowest BCUT2D eigenvalue weighted by Gasteiger charge is -2.51. The Labute approximate surface area is 127 Å². The monoisotopic (exact) mass is 280 g/mol. The van der Waals surface area contributed by atoms with Crippen molar-refractivity contribution in [2.75, 3.05) is 0 Å². The van der Waals surface area contributed by atoms with Crippen LogP contribution in [0.15, 0.2) is 42.5 Å². The molecule has 2 fully saturated rings. The lowest BCUT2D eigenvalue weighted by Crippen LogP contribution is -2.51. The molecule has 1 heteroatoms. The van der Waals surface area contributed by atoms with Crippen molar-refractivity contribution in [2.45, 2.75) is 45.6 Å². The normalized spacial score (nSPS) is 37.2. The van der Waals surface area contributed by atoms with Crippen molar-refractivity contribution < 1.29 is 5.11 Å². The standard InChI is InChI=1S/C20H24O/c1-18(2)15-11-12-19(3,13-15)20(18,21)17-10-6-8-14-7-4-5-9-16(14)17/h4-10,15,21H,11-13H2,1-3H3. The molecule has 1 nitrogen and oxygen atoms in total. The molecule has 0 spiro atoms. The van der Waals surface area contributed by atoms with Gasteiger partial charge in [0.2, 0.25) is 0 Å². The first-order chi connectivity index (χ1) is 9.90. The first kappa shape index (κ1) is 13.3. The van der Waals surface area contributed by atoms with Gasteiger partial charge in [0.1, 0.15) is 5.60 Å². The highest BCUT2D eigenvalue weighted by molar-refractivity contribution is 5.86. The molecular weight excluding hydrogens is 256 g/mol. The highest BCUT2D eigenvalue weighted by Crippen LogP contribution is 2.72. The number of aliphatic hydroxyl groups is 1. The molecule has 1 N–H and O–H groups in total. The number of fused-ring (bicyclic) bond motifs is 3. The van der Waals surface area contributed by atoms with Crippen LogP contribution in [0.25, 0.3) is 10.8 Å². The summed E-state index contributed by atoms with van der Waals surface area (Å²) in [7, 11) is 0. The smallest absolute Gasteiger partial charge is 0.101 e. The molecule has 3 unspecified atom stereocenters. The van der Waals surface area contributed by atoms with Crippen molar-refractivity contribution in [2.24, 2.45) is 16.7 Å². The van der Waals surface area contributed by atoms with E-state index in [1.807, 2.05) is 0 Å². The summed E-state index contributed by atoms with van der Waals surface area (Å²) in [6.07, 6.45) is 3.55. The maximum Gasteiger partial charge on any atom is 0.101 e. The van der Waals surface area contributed by atoms with Gasteiger partial charge in [0.15, 0.2) is 0 Å². The van der Waals surface area contributed by atoms with Gasteiger partial charge >= 0.3 is 0 Å². The summed E-state index contributed by atoms with van der Waals surface area (Å²) in [6, 6.07) is 14.8. The minimum Gasteiger partial charge on any atom is -0.384 e. The van der Waals surface area contributed by atoms with Gasteiger partial charge in [0.25, 0.3) is 0 Å². The lowest BCUT2D eigenvalue weighted by atomic mass is 9.57. The maximum atomic E-state index is 11.9. The summed E-state index contributed by atoms with van der Waals surface area (Å²) in [5, 5.41) is 14.4. The Hall–Kier alpha value is -1.34. The molecule has 2 saturated carbocycles. The number of hydrogen-bond donors (Lipinski definition) is 1. The van der Waals surface area contributed by atoms with E-state index in [0.29, 0.717) is 5.92 Å². The second-order valence-electron chi connectivity index (χ2n) is 7.96. The second-order valence-corrected chi connectivity index (χ2v) is 7.96. The molecule has 0 aromatic heterocycles. The molecule has 2 aliphatic rings. The summed E-state index contributed by atoms with van der Waals surface area (Å²) in [4.78, 5) is 0. The van der Waals surface area contributed by atoms with Gasteiger partial charge in [0, 0.05) is 10.8 Å². The molecule has 2 aromatic carbocycles. The van der Waals surface area contributed by atoms with E-state index in [1.54, 1.807) is 0 Å². The average molecular weight is 280 g/mol. The molecule has 110 valence electrons. The van der Waals surface area contributed by atoms with E-state index in [0.717, 1.165) is 18.4 Å². The third-order valence-corrected chi connectivity index (χ3v) is 6.75. The zero-order valence-corrected chi connectivity index (χ0v) is 13.2. The third kappa shape index (κ3) is 1.41. The van der Waals surface area contributed by atoms with Gasteiger partial charge in [-0.1, -0.05) is 63.2 Å². The highest BCUT2D eigenvalue weighted by atomic mass is 16.3. The summed E-state index contributed by atoms with van der Waals surface area (Å²) >= 11 is 0. The lowest BCUT2D eigenvalue weighted by molar-refractivity contribution is -0.149. The summed E-state index contributed by atoms with van der Waals surface area (Å²) < 4.78 is 0. The van der Waals surface area contributed by atoms with Crippen molar-refractivity contribution in [1.82, 2.24) is 0 Å². The zero-order chi connectivity index (χ0) is 14.9. The van der Waals surface area contributed by atoms with Gasteiger partial charge in [-0.05, 0) is 41.5 Å². The molecule has 4 rings (SSSR count). The van der Waals surface area contributed by atoms with Crippen LogP contribution in [-0.2, 0) is 5.60 Å². The van der Waals surface area contributed by atoms with Crippen LogP contribution in [-0.4, -0.2) is 5.11 Å². The first-order valence-corrected chi connectivity index (χ1v) is 8.11. The Bertz CT molecular complexity index is 705. The van der Waals surface area contributed by atoms with Gasteiger partial charge in [-0.3, -0.25) is 0 Å². The molecule has 0 saturated heterocycles. The fraction of sp³-hybridized carbons (Fsp3) is 0.500. The van der Waals surface area contributed by atoms with Gasteiger partial charge < -0.3 is 5.11 Å². The van der Waals surface area contributed by atoms with Gasteiger partial charge in [-0.2, -0.15) is 0 Å². The van der Waals surface area contributed by atoms with Crippen molar-refractivity contribution in [3.63, 3.8) is 0 Å². The van der Waals surface area contributed by atoms with Gasteiger partial charge in [-0.15, -0.1) is 0 Å². The molecule has 0 heterocycles. The van der Waals surface area contributed by atoms with Crippen molar-refractivity contribution >= 4 is 10.8 Å². The van der Waals surface area contributed by atoms with E-state index in [2.05, 4.69) is 63.2 Å². The van der Waals surface area contributed by atoms with Crippen LogP contribution in [0.2, 0.25) is 0 Å². The average Bonchev–Trinajstić information content (AvgIpc) is 2.95. The van der Waals surface area contributed by atoms with Crippen LogP contribution in [0.1, 0.15) is 45.6 Å². The summed E-state index contributed by atoms with van der Waals surface area (Å²) in [5.74, 6) is 0.631. The largest absolute Gasteiger partial charge is 0.384 e. The molecule has 0 amide bonds. The van der Waals surface area contributed by atoms with Crippen molar-refractivity contribution in [1.29, 1.82) is 0 Å². The third-order valence-electron chi connectivity index (χ3n) is 6.75. The molecule has 2 aromatic rings. The number of rotatable bonds is 1. The minimum absolute atomic E-state index is 0.00525. The predicted molar refractivity (Wildman–Crippen MR) is 87.1 cm³/mol. The van der Waals surface area contributed by atoms with Gasteiger partial charge in [0.05, 0.1) is 0 Å². The fourth-order valence-corrected chi connectivity index (χ4v) is 5.47. The Kier molecular flexibility index (Phi) is 2.47. The summed E-state index contributed by atoms with van der Waals surface area (Å²) in [5.41, 5.74) is 0.342. The van der Waals surface area contributed by atoms with Crippen molar-refractivity contribution in [3.05, 3.63) is 48.0 Å². The van der Waals surface area contributed by atoms with Crippen LogP contribution >= 0.6 is 0 Å². The van der Waals surface area contributed by atoms with E-state index in [1.165, 1.54) is 17.2 Å². The van der Waals surface area contributed by atoms with E-state index >= 15 is 0 Å².